The van der Waals surface area contributed by atoms with Gasteiger partial charge in [0, 0.05) is 29.4 Å². The highest BCUT2D eigenvalue weighted by Gasteiger charge is 2.24. The van der Waals surface area contributed by atoms with Crippen molar-refractivity contribution in [2.75, 3.05) is 0 Å². The fraction of sp³-hybridized carbons (Fsp3) is 0.400. The lowest BCUT2D eigenvalue weighted by Crippen LogP contribution is -2.12. The molecule has 1 aliphatic carbocycles. The van der Waals surface area contributed by atoms with E-state index in [-0.39, 0.29) is 5.82 Å². The number of aromatic nitrogens is 1. The maximum absolute atomic E-state index is 13.4. The number of ketones is 1. The van der Waals surface area contributed by atoms with Gasteiger partial charge in [0.1, 0.15) is 11.6 Å². The van der Waals surface area contributed by atoms with Crippen LogP contribution in [0.4, 0.5) is 4.39 Å². The Hall–Kier alpha value is -1.64. The van der Waals surface area contributed by atoms with Crippen molar-refractivity contribution in [3.63, 3.8) is 0 Å². The highest BCUT2D eigenvalue weighted by Crippen LogP contribution is 2.37. The van der Waals surface area contributed by atoms with Crippen molar-refractivity contribution in [3.8, 4) is 0 Å². The SMILES string of the molecule is Cc1[nH]c2ccc(F)cc2c1C1CCC(=O)CC1. The molecule has 18 heavy (non-hydrogen) atoms. The van der Waals surface area contributed by atoms with Crippen LogP contribution in [0.1, 0.15) is 42.9 Å². The van der Waals surface area contributed by atoms with Crippen LogP contribution in [0.5, 0.6) is 0 Å². The molecule has 1 saturated carbocycles. The van der Waals surface area contributed by atoms with E-state index in [1.165, 1.54) is 11.6 Å². The van der Waals surface area contributed by atoms with E-state index >= 15 is 0 Å². The van der Waals surface area contributed by atoms with Gasteiger partial charge >= 0.3 is 0 Å². The molecule has 3 heteroatoms. The number of halogens is 1. The minimum Gasteiger partial charge on any atom is -0.358 e. The number of rotatable bonds is 1. The van der Waals surface area contributed by atoms with Crippen molar-refractivity contribution < 1.29 is 9.18 Å². The Morgan fingerprint density at radius 2 is 2.00 bits per heavy atom. The van der Waals surface area contributed by atoms with Gasteiger partial charge in [-0.15, -0.1) is 0 Å². The van der Waals surface area contributed by atoms with Crippen LogP contribution in [0.25, 0.3) is 10.9 Å². The Labute approximate surface area is 105 Å². The molecule has 0 unspecified atom stereocenters. The van der Waals surface area contributed by atoms with E-state index in [0.29, 0.717) is 24.5 Å². The van der Waals surface area contributed by atoms with Gasteiger partial charge in [0.2, 0.25) is 0 Å². The van der Waals surface area contributed by atoms with E-state index in [9.17, 15) is 9.18 Å². The zero-order valence-corrected chi connectivity index (χ0v) is 10.4. The number of Topliss-reactive ketones (excluding diaryl/α,β-unsaturated/α-hetero) is 1. The quantitative estimate of drug-likeness (QED) is 0.813. The van der Waals surface area contributed by atoms with Crippen molar-refractivity contribution in [2.45, 2.75) is 38.5 Å². The lowest BCUT2D eigenvalue weighted by atomic mass is 9.82. The highest BCUT2D eigenvalue weighted by molar-refractivity contribution is 5.86. The number of carbonyl (C=O) groups is 1. The van der Waals surface area contributed by atoms with Crippen LogP contribution in [0, 0.1) is 12.7 Å². The van der Waals surface area contributed by atoms with Crippen LogP contribution in [0.15, 0.2) is 18.2 Å². The van der Waals surface area contributed by atoms with E-state index in [4.69, 9.17) is 0 Å². The zero-order chi connectivity index (χ0) is 12.7. The Kier molecular flexibility index (Phi) is 2.69. The maximum atomic E-state index is 13.4. The third-order valence-electron chi connectivity index (χ3n) is 3.95. The number of benzene rings is 1. The van der Waals surface area contributed by atoms with Crippen molar-refractivity contribution in [3.05, 3.63) is 35.3 Å². The Bertz CT molecular complexity index is 604. The Balaban J connectivity index is 2.07. The minimum absolute atomic E-state index is 0.199. The van der Waals surface area contributed by atoms with Gasteiger partial charge in [-0.25, -0.2) is 4.39 Å². The number of fused-ring (bicyclic) bond motifs is 1. The summed E-state index contributed by atoms with van der Waals surface area (Å²) < 4.78 is 13.4. The van der Waals surface area contributed by atoms with E-state index < -0.39 is 0 Å². The standard InChI is InChI=1S/C15H16FNO/c1-9-15(10-2-5-12(18)6-3-10)13-8-11(16)4-7-14(13)17-9/h4,7-8,10,17H,2-3,5-6H2,1H3. The molecule has 0 amide bonds. The second kappa shape index (κ2) is 4.23. The monoisotopic (exact) mass is 245 g/mol. The van der Waals surface area contributed by atoms with Crippen LogP contribution < -0.4 is 0 Å². The normalized spacial score (nSPS) is 17.6. The first-order valence-electron chi connectivity index (χ1n) is 6.44. The minimum atomic E-state index is -0.199. The lowest BCUT2D eigenvalue weighted by molar-refractivity contribution is -0.120. The fourth-order valence-electron chi connectivity index (χ4n) is 3.07. The van der Waals surface area contributed by atoms with Crippen LogP contribution in [-0.4, -0.2) is 10.8 Å². The molecule has 1 N–H and O–H groups in total. The topological polar surface area (TPSA) is 32.9 Å². The van der Waals surface area contributed by atoms with Crippen molar-refractivity contribution in [1.29, 1.82) is 0 Å². The fourth-order valence-corrected chi connectivity index (χ4v) is 3.07. The summed E-state index contributed by atoms with van der Waals surface area (Å²) in [5.41, 5.74) is 3.30. The summed E-state index contributed by atoms with van der Waals surface area (Å²) in [5, 5.41) is 0.979. The van der Waals surface area contributed by atoms with Crippen LogP contribution >= 0.6 is 0 Å². The first-order chi connectivity index (χ1) is 8.65. The van der Waals surface area contributed by atoms with Crippen LogP contribution in [0.3, 0.4) is 0 Å². The molecule has 1 heterocycles. The second-order valence-corrected chi connectivity index (χ2v) is 5.17. The summed E-state index contributed by atoms with van der Waals surface area (Å²) in [7, 11) is 0. The maximum Gasteiger partial charge on any atom is 0.132 e. The predicted molar refractivity (Wildman–Crippen MR) is 69.2 cm³/mol. The van der Waals surface area contributed by atoms with Gasteiger partial charge < -0.3 is 4.98 Å². The number of carbonyl (C=O) groups excluding carboxylic acids is 1. The third-order valence-corrected chi connectivity index (χ3v) is 3.95. The van der Waals surface area contributed by atoms with Gasteiger partial charge in [-0.1, -0.05) is 0 Å². The molecule has 0 saturated heterocycles. The Morgan fingerprint density at radius 1 is 1.28 bits per heavy atom. The highest BCUT2D eigenvalue weighted by atomic mass is 19.1. The summed E-state index contributed by atoms with van der Waals surface area (Å²) in [6.07, 6.45) is 3.10. The average Bonchev–Trinajstić information content (AvgIpc) is 2.66. The molecule has 1 aromatic heterocycles. The molecule has 94 valence electrons. The zero-order valence-electron chi connectivity index (χ0n) is 10.4. The van der Waals surface area contributed by atoms with Crippen LogP contribution in [0.2, 0.25) is 0 Å². The number of nitrogens with one attached hydrogen (secondary N) is 1. The van der Waals surface area contributed by atoms with Gasteiger partial charge in [-0.05, 0) is 49.4 Å². The molecular weight excluding hydrogens is 229 g/mol. The van der Waals surface area contributed by atoms with Gasteiger partial charge in [-0.3, -0.25) is 4.79 Å². The van der Waals surface area contributed by atoms with Crippen molar-refractivity contribution in [2.24, 2.45) is 0 Å². The molecule has 1 aliphatic rings. The molecule has 0 atom stereocenters. The smallest absolute Gasteiger partial charge is 0.132 e. The van der Waals surface area contributed by atoms with Crippen molar-refractivity contribution >= 4 is 16.7 Å². The largest absolute Gasteiger partial charge is 0.358 e. The molecule has 1 fully saturated rings. The van der Waals surface area contributed by atoms with Gasteiger partial charge in [0.15, 0.2) is 0 Å². The number of H-pyrrole nitrogens is 1. The second-order valence-electron chi connectivity index (χ2n) is 5.17. The summed E-state index contributed by atoms with van der Waals surface area (Å²) in [6, 6.07) is 4.87. The first-order valence-corrected chi connectivity index (χ1v) is 6.44. The molecule has 2 nitrogen and oxygen atoms in total. The summed E-state index contributed by atoms with van der Waals surface area (Å²) >= 11 is 0. The first kappa shape index (κ1) is 11.5. The van der Waals surface area contributed by atoms with Gasteiger partial charge in [0.25, 0.3) is 0 Å². The van der Waals surface area contributed by atoms with Crippen molar-refractivity contribution in [1.82, 2.24) is 4.98 Å². The Morgan fingerprint density at radius 3 is 2.72 bits per heavy atom. The number of aryl methyl sites for hydroxylation is 1. The number of aromatic amines is 1. The average molecular weight is 245 g/mol. The molecule has 3 rings (SSSR count). The molecule has 1 aromatic carbocycles. The molecule has 0 radical (unpaired) electrons. The lowest BCUT2D eigenvalue weighted by Gasteiger charge is -2.21. The van der Waals surface area contributed by atoms with Gasteiger partial charge in [-0.2, -0.15) is 0 Å². The summed E-state index contributed by atoms with van der Waals surface area (Å²) in [5.74, 6) is 0.544. The number of hydrogen-bond donors (Lipinski definition) is 1. The summed E-state index contributed by atoms with van der Waals surface area (Å²) in [4.78, 5) is 14.6. The third kappa shape index (κ3) is 1.84. The predicted octanol–water partition coefficient (Wildman–Crippen LogP) is 3.84. The van der Waals surface area contributed by atoms with Gasteiger partial charge in [0.05, 0.1) is 0 Å². The van der Waals surface area contributed by atoms with E-state index in [1.54, 1.807) is 12.1 Å². The molecule has 0 aliphatic heterocycles. The van der Waals surface area contributed by atoms with E-state index in [1.807, 2.05) is 6.92 Å². The number of hydrogen-bond acceptors (Lipinski definition) is 1. The molecular formula is C15H16FNO. The van der Waals surface area contributed by atoms with Crippen LogP contribution in [-0.2, 0) is 4.79 Å². The molecule has 0 bridgehead atoms. The molecule has 0 spiro atoms. The molecule has 2 aromatic rings. The van der Waals surface area contributed by atoms with E-state index in [2.05, 4.69) is 4.98 Å². The summed E-state index contributed by atoms with van der Waals surface area (Å²) in [6.45, 7) is 2.03. The van der Waals surface area contributed by atoms with E-state index in [0.717, 1.165) is 29.4 Å².